The first-order chi connectivity index (χ1) is 10.5. The normalized spacial score (nSPS) is 18.5. The molecule has 1 aliphatic heterocycles. The number of benzene rings is 2. The molecule has 1 heterocycles. The number of aliphatic hydroxyl groups is 1. The van der Waals surface area contributed by atoms with Gasteiger partial charge in [0.05, 0.1) is 12.0 Å². The SMILES string of the molecule is CN1CCC(O)(c2c(CC(=O)O)ccc3ccccc23)CC1. The first kappa shape index (κ1) is 15.0. The van der Waals surface area contributed by atoms with Gasteiger partial charge < -0.3 is 15.1 Å². The summed E-state index contributed by atoms with van der Waals surface area (Å²) >= 11 is 0. The van der Waals surface area contributed by atoms with E-state index in [2.05, 4.69) is 4.90 Å². The van der Waals surface area contributed by atoms with Crippen LogP contribution in [-0.4, -0.2) is 41.2 Å². The van der Waals surface area contributed by atoms with Crippen LogP contribution in [0.4, 0.5) is 0 Å². The fraction of sp³-hybridized carbons (Fsp3) is 0.389. The number of rotatable bonds is 3. The van der Waals surface area contributed by atoms with Gasteiger partial charge in [-0.3, -0.25) is 4.79 Å². The van der Waals surface area contributed by atoms with E-state index in [1.54, 1.807) is 0 Å². The van der Waals surface area contributed by atoms with Crippen LogP contribution in [0, 0.1) is 0 Å². The van der Waals surface area contributed by atoms with Crippen molar-refractivity contribution in [2.45, 2.75) is 24.9 Å². The summed E-state index contributed by atoms with van der Waals surface area (Å²) in [6.07, 6.45) is 1.20. The molecule has 0 amide bonds. The Hall–Kier alpha value is -1.91. The van der Waals surface area contributed by atoms with Crippen LogP contribution in [-0.2, 0) is 16.8 Å². The molecule has 22 heavy (non-hydrogen) atoms. The van der Waals surface area contributed by atoms with Gasteiger partial charge in [0, 0.05) is 13.1 Å². The van der Waals surface area contributed by atoms with Gasteiger partial charge in [0.15, 0.2) is 0 Å². The monoisotopic (exact) mass is 299 g/mol. The van der Waals surface area contributed by atoms with Crippen molar-refractivity contribution in [1.29, 1.82) is 0 Å². The average Bonchev–Trinajstić information content (AvgIpc) is 2.49. The third-order valence-corrected chi connectivity index (χ3v) is 4.64. The number of carbonyl (C=O) groups is 1. The number of aliphatic carboxylic acids is 1. The molecule has 2 aromatic carbocycles. The van der Waals surface area contributed by atoms with Gasteiger partial charge in [-0.05, 0) is 41.8 Å². The minimum atomic E-state index is -0.946. The number of piperidine rings is 1. The molecule has 1 saturated heterocycles. The molecule has 0 unspecified atom stereocenters. The molecule has 0 saturated carbocycles. The topological polar surface area (TPSA) is 60.8 Å². The second-order valence-corrected chi connectivity index (χ2v) is 6.23. The van der Waals surface area contributed by atoms with Crippen molar-refractivity contribution in [3.8, 4) is 0 Å². The van der Waals surface area contributed by atoms with Crippen molar-refractivity contribution in [2.24, 2.45) is 0 Å². The molecule has 0 aromatic heterocycles. The maximum absolute atomic E-state index is 11.2. The molecule has 0 atom stereocenters. The zero-order valence-corrected chi connectivity index (χ0v) is 12.7. The average molecular weight is 299 g/mol. The summed E-state index contributed by atoms with van der Waals surface area (Å²) in [5.74, 6) is -0.868. The van der Waals surface area contributed by atoms with E-state index in [-0.39, 0.29) is 6.42 Å². The van der Waals surface area contributed by atoms with E-state index < -0.39 is 11.6 Å². The molecular formula is C18H21NO3. The lowest BCUT2D eigenvalue weighted by atomic mass is 9.79. The Bertz CT molecular complexity index is 703. The van der Waals surface area contributed by atoms with E-state index in [1.165, 1.54) is 0 Å². The highest BCUT2D eigenvalue weighted by atomic mass is 16.4. The molecule has 2 N–H and O–H groups in total. The smallest absolute Gasteiger partial charge is 0.307 e. The number of likely N-dealkylation sites (tertiary alicyclic amines) is 1. The fourth-order valence-corrected chi connectivity index (χ4v) is 3.41. The minimum Gasteiger partial charge on any atom is -0.481 e. The Kier molecular flexibility index (Phi) is 3.89. The Balaban J connectivity index is 2.17. The molecule has 1 aliphatic rings. The van der Waals surface area contributed by atoms with Crippen LogP contribution in [0.5, 0.6) is 0 Å². The maximum atomic E-state index is 11.2. The van der Waals surface area contributed by atoms with E-state index >= 15 is 0 Å². The van der Waals surface area contributed by atoms with E-state index in [4.69, 9.17) is 0 Å². The second-order valence-electron chi connectivity index (χ2n) is 6.23. The van der Waals surface area contributed by atoms with Gasteiger partial charge in [0.1, 0.15) is 0 Å². The lowest BCUT2D eigenvalue weighted by Crippen LogP contribution is -2.41. The number of nitrogens with zero attached hydrogens (tertiary/aromatic N) is 1. The fourth-order valence-electron chi connectivity index (χ4n) is 3.41. The zero-order valence-electron chi connectivity index (χ0n) is 12.7. The number of carboxylic acids is 1. The van der Waals surface area contributed by atoms with Crippen LogP contribution in [0.15, 0.2) is 36.4 Å². The molecule has 0 bridgehead atoms. The summed E-state index contributed by atoms with van der Waals surface area (Å²) in [7, 11) is 2.04. The zero-order chi connectivity index (χ0) is 15.7. The Morgan fingerprint density at radius 3 is 2.55 bits per heavy atom. The minimum absolute atomic E-state index is 0.0572. The van der Waals surface area contributed by atoms with Crippen molar-refractivity contribution in [3.05, 3.63) is 47.5 Å². The lowest BCUT2D eigenvalue weighted by Gasteiger charge is -2.38. The summed E-state index contributed by atoms with van der Waals surface area (Å²) in [6.45, 7) is 1.62. The first-order valence-electron chi connectivity index (χ1n) is 7.63. The Labute approximate surface area is 130 Å². The van der Waals surface area contributed by atoms with Gasteiger partial charge in [0.2, 0.25) is 0 Å². The van der Waals surface area contributed by atoms with Crippen LogP contribution < -0.4 is 0 Å². The van der Waals surface area contributed by atoms with E-state index in [9.17, 15) is 15.0 Å². The second kappa shape index (κ2) is 5.71. The van der Waals surface area contributed by atoms with Gasteiger partial charge in [-0.15, -0.1) is 0 Å². The van der Waals surface area contributed by atoms with Crippen LogP contribution in [0.1, 0.15) is 24.0 Å². The summed E-state index contributed by atoms with van der Waals surface area (Å²) in [5.41, 5.74) is 0.581. The number of hydrogen-bond donors (Lipinski definition) is 2. The molecule has 1 fully saturated rings. The van der Waals surface area contributed by atoms with Crippen molar-refractivity contribution >= 4 is 16.7 Å². The van der Waals surface area contributed by atoms with Crippen LogP contribution in [0.2, 0.25) is 0 Å². The van der Waals surface area contributed by atoms with E-state index in [0.29, 0.717) is 12.8 Å². The molecule has 0 radical (unpaired) electrons. The van der Waals surface area contributed by atoms with E-state index in [1.807, 2.05) is 43.4 Å². The highest BCUT2D eigenvalue weighted by molar-refractivity contribution is 5.89. The number of carboxylic acid groups (broad SMARTS) is 1. The first-order valence-corrected chi connectivity index (χ1v) is 7.63. The van der Waals surface area contributed by atoms with Gasteiger partial charge in [-0.25, -0.2) is 0 Å². The summed E-state index contributed by atoms with van der Waals surface area (Å²) in [4.78, 5) is 13.4. The van der Waals surface area contributed by atoms with Crippen LogP contribution in [0.3, 0.4) is 0 Å². The standard InChI is InChI=1S/C18H21NO3/c1-19-10-8-18(22,9-11-19)17-14(12-16(20)21)7-6-13-4-2-3-5-15(13)17/h2-7,22H,8-12H2,1H3,(H,20,21). The van der Waals surface area contributed by atoms with E-state index in [0.717, 1.165) is 35.0 Å². The third kappa shape index (κ3) is 2.72. The maximum Gasteiger partial charge on any atom is 0.307 e. The highest BCUT2D eigenvalue weighted by Gasteiger charge is 2.36. The molecule has 0 spiro atoms. The molecular weight excluding hydrogens is 278 g/mol. The molecule has 0 aliphatic carbocycles. The van der Waals surface area contributed by atoms with Crippen molar-refractivity contribution in [3.63, 3.8) is 0 Å². The molecule has 2 aromatic rings. The molecule has 116 valence electrons. The van der Waals surface area contributed by atoms with Gasteiger partial charge in [-0.1, -0.05) is 36.4 Å². The summed E-state index contributed by atoms with van der Waals surface area (Å²) in [5, 5.41) is 22.4. The van der Waals surface area contributed by atoms with Crippen molar-refractivity contribution in [2.75, 3.05) is 20.1 Å². The van der Waals surface area contributed by atoms with Crippen molar-refractivity contribution < 1.29 is 15.0 Å². The van der Waals surface area contributed by atoms with Gasteiger partial charge >= 0.3 is 5.97 Å². The van der Waals surface area contributed by atoms with Gasteiger partial charge in [0.25, 0.3) is 0 Å². The summed E-state index contributed by atoms with van der Waals surface area (Å²) < 4.78 is 0. The highest BCUT2D eigenvalue weighted by Crippen LogP contribution is 2.39. The quantitative estimate of drug-likeness (QED) is 0.913. The number of fused-ring (bicyclic) bond motifs is 1. The predicted octanol–water partition coefficient (Wildman–Crippen LogP) is 2.38. The molecule has 4 heteroatoms. The number of hydrogen-bond acceptors (Lipinski definition) is 3. The van der Waals surface area contributed by atoms with Crippen LogP contribution in [0.25, 0.3) is 10.8 Å². The predicted molar refractivity (Wildman–Crippen MR) is 85.9 cm³/mol. The Morgan fingerprint density at radius 1 is 1.18 bits per heavy atom. The third-order valence-electron chi connectivity index (χ3n) is 4.64. The van der Waals surface area contributed by atoms with Crippen molar-refractivity contribution in [1.82, 2.24) is 4.90 Å². The Morgan fingerprint density at radius 2 is 1.86 bits per heavy atom. The van der Waals surface area contributed by atoms with Crippen LogP contribution >= 0.6 is 0 Å². The summed E-state index contributed by atoms with van der Waals surface area (Å²) in [6, 6.07) is 11.7. The molecule has 3 rings (SSSR count). The lowest BCUT2D eigenvalue weighted by molar-refractivity contribution is -0.136. The largest absolute Gasteiger partial charge is 0.481 e. The van der Waals surface area contributed by atoms with Gasteiger partial charge in [-0.2, -0.15) is 0 Å². The molecule has 4 nitrogen and oxygen atoms in total.